The minimum absolute atomic E-state index is 0.0301. The van der Waals surface area contributed by atoms with Gasteiger partial charge in [-0.15, -0.1) is 0 Å². The fourth-order valence-corrected chi connectivity index (χ4v) is 1.12. The Bertz CT molecular complexity index is 134. The van der Waals surface area contributed by atoms with Crippen molar-refractivity contribution in [3.63, 3.8) is 0 Å². The average Bonchev–Trinajstić information content (AvgIpc) is 1.95. The van der Waals surface area contributed by atoms with Crippen LogP contribution in [0.3, 0.4) is 0 Å². The molecule has 0 rings (SSSR count). The SMILES string of the molecule is CCCC[C@@H](CC(O)O)C(F)(F)F. The lowest BCUT2D eigenvalue weighted by atomic mass is 9.98. The van der Waals surface area contributed by atoms with E-state index in [1.807, 2.05) is 0 Å². The van der Waals surface area contributed by atoms with Crippen LogP contribution in [0.2, 0.25) is 0 Å². The molecule has 0 aromatic carbocycles. The zero-order valence-corrected chi connectivity index (χ0v) is 7.51. The first-order valence-corrected chi connectivity index (χ1v) is 4.30. The third kappa shape index (κ3) is 5.87. The lowest BCUT2D eigenvalue weighted by Crippen LogP contribution is -2.27. The Kier molecular flexibility index (Phi) is 5.32. The third-order valence-corrected chi connectivity index (χ3v) is 1.86. The zero-order valence-electron chi connectivity index (χ0n) is 7.51. The first-order chi connectivity index (χ1) is 5.88. The zero-order chi connectivity index (χ0) is 10.5. The molecule has 0 spiro atoms. The summed E-state index contributed by atoms with van der Waals surface area (Å²) >= 11 is 0. The first-order valence-electron chi connectivity index (χ1n) is 4.30. The van der Waals surface area contributed by atoms with Crippen molar-refractivity contribution in [1.29, 1.82) is 0 Å². The van der Waals surface area contributed by atoms with Gasteiger partial charge in [0, 0.05) is 6.42 Å². The van der Waals surface area contributed by atoms with Crippen LogP contribution in [0, 0.1) is 5.92 Å². The fraction of sp³-hybridized carbons (Fsp3) is 1.00. The quantitative estimate of drug-likeness (QED) is 0.667. The summed E-state index contributed by atoms with van der Waals surface area (Å²) < 4.78 is 36.5. The molecular weight excluding hydrogens is 185 g/mol. The largest absolute Gasteiger partial charge is 0.392 e. The minimum atomic E-state index is -4.32. The second-order valence-electron chi connectivity index (χ2n) is 3.10. The van der Waals surface area contributed by atoms with Gasteiger partial charge in [-0.3, -0.25) is 0 Å². The summed E-state index contributed by atoms with van der Waals surface area (Å²) in [5.41, 5.74) is 0. The van der Waals surface area contributed by atoms with Crippen LogP contribution in [-0.2, 0) is 0 Å². The molecule has 0 aliphatic rings. The lowest BCUT2D eigenvalue weighted by Gasteiger charge is -2.20. The second-order valence-corrected chi connectivity index (χ2v) is 3.10. The van der Waals surface area contributed by atoms with Crippen LogP contribution >= 0.6 is 0 Å². The summed E-state index contributed by atoms with van der Waals surface area (Å²) in [6.45, 7) is 1.79. The van der Waals surface area contributed by atoms with Gasteiger partial charge in [0.2, 0.25) is 0 Å². The number of unbranched alkanes of at least 4 members (excludes halogenated alkanes) is 1. The summed E-state index contributed by atoms with van der Waals surface area (Å²) in [4.78, 5) is 0. The predicted octanol–water partition coefficient (Wildman–Crippen LogP) is 2.06. The Morgan fingerprint density at radius 1 is 1.23 bits per heavy atom. The van der Waals surface area contributed by atoms with Crippen LogP contribution in [0.15, 0.2) is 0 Å². The number of hydrogen-bond acceptors (Lipinski definition) is 2. The topological polar surface area (TPSA) is 40.5 Å². The molecule has 0 unspecified atom stereocenters. The maximum absolute atomic E-state index is 12.2. The summed E-state index contributed by atoms with van der Waals surface area (Å²) in [5, 5.41) is 16.9. The second kappa shape index (κ2) is 5.44. The Morgan fingerprint density at radius 3 is 2.08 bits per heavy atom. The van der Waals surface area contributed by atoms with E-state index in [1.165, 1.54) is 0 Å². The molecule has 0 amide bonds. The maximum Gasteiger partial charge on any atom is 0.392 e. The Hall–Kier alpha value is -0.290. The Labute approximate surface area is 75.4 Å². The van der Waals surface area contributed by atoms with Gasteiger partial charge in [-0.25, -0.2) is 0 Å². The van der Waals surface area contributed by atoms with Gasteiger partial charge in [0.25, 0.3) is 0 Å². The van der Waals surface area contributed by atoms with Crippen molar-refractivity contribution >= 4 is 0 Å². The highest BCUT2D eigenvalue weighted by atomic mass is 19.4. The number of halogens is 3. The number of aliphatic hydroxyl groups is 2. The number of rotatable bonds is 5. The third-order valence-electron chi connectivity index (χ3n) is 1.86. The molecule has 0 aromatic rings. The van der Waals surface area contributed by atoms with E-state index >= 15 is 0 Å². The van der Waals surface area contributed by atoms with Crippen LogP contribution < -0.4 is 0 Å². The van der Waals surface area contributed by atoms with Gasteiger partial charge in [-0.1, -0.05) is 19.8 Å². The number of aliphatic hydroxyl groups excluding tert-OH is 1. The molecule has 0 saturated carbocycles. The molecule has 0 radical (unpaired) electrons. The minimum Gasteiger partial charge on any atom is -0.368 e. The van der Waals surface area contributed by atoms with E-state index in [0.29, 0.717) is 12.8 Å². The molecule has 0 aliphatic heterocycles. The standard InChI is InChI=1S/C8H15F3O2/c1-2-3-4-6(5-7(12)13)8(9,10)11/h6-7,12-13H,2-5H2,1H3/t6-/m0/s1. The summed E-state index contributed by atoms with van der Waals surface area (Å²) in [6, 6.07) is 0. The normalized spacial score (nSPS) is 15.0. The molecule has 80 valence electrons. The molecule has 0 fully saturated rings. The number of alkyl halides is 3. The highest BCUT2D eigenvalue weighted by molar-refractivity contribution is 4.68. The molecule has 0 aromatic heterocycles. The molecule has 0 heterocycles. The molecule has 0 bridgehead atoms. The maximum atomic E-state index is 12.2. The van der Waals surface area contributed by atoms with E-state index in [0.717, 1.165) is 0 Å². The molecule has 13 heavy (non-hydrogen) atoms. The van der Waals surface area contributed by atoms with Crippen LogP contribution in [-0.4, -0.2) is 22.7 Å². The fourth-order valence-electron chi connectivity index (χ4n) is 1.12. The van der Waals surface area contributed by atoms with Gasteiger partial charge in [0.1, 0.15) is 0 Å². The summed E-state index contributed by atoms with van der Waals surface area (Å²) in [6.07, 6.45) is -5.71. The van der Waals surface area contributed by atoms with Crippen molar-refractivity contribution in [2.24, 2.45) is 5.92 Å². The smallest absolute Gasteiger partial charge is 0.368 e. The molecular formula is C8H15F3O2. The van der Waals surface area contributed by atoms with Crippen LogP contribution in [0.25, 0.3) is 0 Å². The highest BCUT2D eigenvalue weighted by Gasteiger charge is 2.39. The van der Waals surface area contributed by atoms with E-state index in [1.54, 1.807) is 6.92 Å². The van der Waals surface area contributed by atoms with Crippen molar-refractivity contribution < 1.29 is 23.4 Å². The summed E-state index contributed by atoms with van der Waals surface area (Å²) in [7, 11) is 0. The number of hydrogen-bond donors (Lipinski definition) is 2. The molecule has 0 aliphatic carbocycles. The molecule has 0 saturated heterocycles. The highest BCUT2D eigenvalue weighted by Crippen LogP contribution is 2.33. The Morgan fingerprint density at radius 2 is 1.77 bits per heavy atom. The van der Waals surface area contributed by atoms with E-state index in [4.69, 9.17) is 10.2 Å². The van der Waals surface area contributed by atoms with Gasteiger partial charge >= 0.3 is 6.18 Å². The van der Waals surface area contributed by atoms with E-state index in [2.05, 4.69) is 0 Å². The van der Waals surface area contributed by atoms with Crippen molar-refractivity contribution in [2.45, 2.75) is 45.1 Å². The predicted molar refractivity (Wildman–Crippen MR) is 41.9 cm³/mol. The van der Waals surface area contributed by atoms with Crippen molar-refractivity contribution in [1.82, 2.24) is 0 Å². The monoisotopic (exact) mass is 200 g/mol. The van der Waals surface area contributed by atoms with E-state index < -0.39 is 24.8 Å². The van der Waals surface area contributed by atoms with Gasteiger partial charge in [0.05, 0.1) is 5.92 Å². The Balaban J connectivity index is 4.03. The molecule has 2 nitrogen and oxygen atoms in total. The average molecular weight is 200 g/mol. The van der Waals surface area contributed by atoms with Gasteiger partial charge in [-0.05, 0) is 6.42 Å². The van der Waals surface area contributed by atoms with Gasteiger partial charge in [0.15, 0.2) is 6.29 Å². The van der Waals surface area contributed by atoms with E-state index in [-0.39, 0.29) is 6.42 Å². The summed E-state index contributed by atoms with van der Waals surface area (Å²) in [5.74, 6) is -1.59. The van der Waals surface area contributed by atoms with Crippen LogP contribution in [0.5, 0.6) is 0 Å². The van der Waals surface area contributed by atoms with E-state index in [9.17, 15) is 13.2 Å². The van der Waals surface area contributed by atoms with Crippen molar-refractivity contribution in [3.8, 4) is 0 Å². The molecule has 1 atom stereocenters. The molecule has 5 heteroatoms. The van der Waals surface area contributed by atoms with Crippen molar-refractivity contribution in [2.75, 3.05) is 0 Å². The first kappa shape index (κ1) is 12.7. The van der Waals surface area contributed by atoms with Gasteiger partial charge < -0.3 is 10.2 Å². The van der Waals surface area contributed by atoms with Crippen molar-refractivity contribution in [3.05, 3.63) is 0 Å². The van der Waals surface area contributed by atoms with Crippen LogP contribution in [0.4, 0.5) is 13.2 Å². The molecule has 2 N–H and O–H groups in total. The lowest BCUT2D eigenvalue weighted by molar-refractivity contribution is -0.196. The van der Waals surface area contributed by atoms with Crippen LogP contribution in [0.1, 0.15) is 32.6 Å². The van der Waals surface area contributed by atoms with Gasteiger partial charge in [-0.2, -0.15) is 13.2 Å².